The highest BCUT2D eigenvalue weighted by atomic mass is 35.5. The number of nitrogens with zero attached hydrogens (tertiary/aromatic N) is 5. The molecule has 0 bridgehead atoms. The number of fused-ring (bicyclic) bond motifs is 2. The van der Waals surface area contributed by atoms with E-state index in [0.29, 0.717) is 49.3 Å². The minimum Gasteiger partial charge on any atom is -0.474 e. The second kappa shape index (κ2) is 17.9. The average Bonchev–Trinajstić information content (AvgIpc) is 3.77. The maximum Gasteiger partial charge on any atom is 0.293 e. The number of carbonyl (C=O) groups is 1. The van der Waals surface area contributed by atoms with E-state index in [2.05, 4.69) is 41.9 Å². The van der Waals surface area contributed by atoms with Crippen LogP contribution in [0.3, 0.4) is 0 Å². The number of carbonyl (C=O) groups excluding carboxylic acids is 1. The van der Waals surface area contributed by atoms with Crippen molar-refractivity contribution >= 4 is 72.6 Å². The van der Waals surface area contributed by atoms with Crippen LogP contribution in [0.25, 0.3) is 16.6 Å². The van der Waals surface area contributed by atoms with Crippen molar-refractivity contribution in [1.82, 2.24) is 19.6 Å². The number of halogens is 1. The number of aromatic nitrogens is 2. The number of sulfonamides is 1. The van der Waals surface area contributed by atoms with Gasteiger partial charge >= 0.3 is 0 Å². The summed E-state index contributed by atoms with van der Waals surface area (Å²) in [5, 5.41) is 16.7. The second-order valence-electron chi connectivity index (χ2n) is 17.3. The molecule has 0 unspecified atom stereocenters. The Bertz CT molecular complexity index is 2770. The van der Waals surface area contributed by atoms with Gasteiger partial charge < -0.3 is 39.0 Å². The van der Waals surface area contributed by atoms with Crippen LogP contribution >= 0.6 is 11.6 Å². The molecule has 6 heterocycles. The number of nitrogens with one attached hydrogen (secondary N) is 3. The molecule has 340 valence electrons. The van der Waals surface area contributed by atoms with Gasteiger partial charge in [0.2, 0.25) is 5.88 Å². The Hall–Kier alpha value is -5.76. The number of piperazine rings is 1. The first kappa shape index (κ1) is 43.1. The van der Waals surface area contributed by atoms with E-state index in [1.165, 1.54) is 28.8 Å². The van der Waals surface area contributed by atoms with E-state index in [9.17, 15) is 23.3 Å². The second-order valence-corrected chi connectivity index (χ2v) is 19.4. The number of allylic oxidation sites excluding steroid dienone is 1. The van der Waals surface area contributed by atoms with Crippen LogP contribution < -0.4 is 24.6 Å². The minimum atomic E-state index is -4.59. The molecule has 19 heteroatoms. The van der Waals surface area contributed by atoms with Crippen molar-refractivity contribution in [2.45, 2.75) is 30.3 Å². The predicted octanol–water partition coefficient (Wildman–Crippen LogP) is 6.38. The zero-order valence-corrected chi connectivity index (χ0v) is 37.2. The van der Waals surface area contributed by atoms with Gasteiger partial charge in [-0.25, -0.2) is 13.1 Å². The molecule has 5 aliphatic rings. The lowest BCUT2D eigenvalue weighted by molar-refractivity contribution is -0.384. The molecular formula is C46H49ClN8O9S. The van der Waals surface area contributed by atoms with Gasteiger partial charge in [-0.05, 0) is 85.0 Å². The summed E-state index contributed by atoms with van der Waals surface area (Å²) in [7, 11) is -4.59. The highest BCUT2D eigenvalue weighted by molar-refractivity contribution is 7.90. The lowest BCUT2D eigenvalue weighted by Gasteiger charge is -2.46. The molecule has 10 rings (SSSR count). The molecule has 65 heavy (non-hydrogen) atoms. The summed E-state index contributed by atoms with van der Waals surface area (Å²) >= 11 is 6.28. The van der Waals surface area contributed by atoms with Crippen molar-refractivity contribution in [2.75, 3.05) is 101 Å². The lowest BCUT2D eigenvalue weighted by atomic mass is 9.69. The Morgan fingerprint density at radius 1 is 0.954 bits per heavy atom. The molecule has 3 fully saturated rings. The topological polar surface area (TPSA) is 194 Å². The monoisotopic (exact) mass is 924 g/mol. The Morgan fingerprint density at radius 2 is 1.78 bits per heavy atom. The van der Waals surface area contributed by atoms with Crippen molar-refractivity contribution < 1.29 is 37.1 Å². The minimum absolute atomic E-state index is 0.0917. The summed E-state index contributed by atoms with van der Waals surface area (Å²) < 4.78 is 52.7. The summed E-state index contributed by atoms with van der Waals surface area (Å²) in [6.45, 7) is 7.63. The number of ether oxygens (including phenoxy) is 4. The number of amides is 1. The molecular weight excluding hydrogens is 876 g/mol. The van der Waals surface area contributed by atoms with Crippen LogP contribution in [0.4, 0.5) is 28.4 Å². The van der Waals surface area contributed by atoms with Crippen LogP contribution in [0.2, 0.25) is 5.02 Å². The molecule has 2 aromatic heterocycles. The van der Waals surface area contributed by atoms with Gasteiger partial charge in [0.25, 0.3) is 21.6 Å². The SMILES string of the molecule is O=C(NS(=O)(=O)c1ccc(NC[C@H]2COCCO2)c([N+](=O)[O-])c1)c1ccc(N2CCN(CC3=C(c4ccc(Cl)cc4)CC4(CC3)COC4)CC2)cc1N1CCOc2nc3[nH]ccc3cc21. The fraction of sp³-hybridized carbons (Fsp3) is 0.391. The standard InChI is InChI=1S/C46H49ClN8O9S/c47-33-3-1-30(2-4-33)38-24-46(28-62-29-46)11-9-32(38)26-52-13-15-53(16-14-52)34-5-7-37(40(22-34)54-17-18-64-45-42(54)21-31-10-12-48-43(31)50-45)44(56)51-65(59,60)36-6-8-39(41(23-36)55(57)58)49-25-35-27-61-19-20-63-35/h1-8,10,12,21-23,35,49H,9,11,13-20,24-29H2,(H,48,50)(H,51,56)/t35-/m0/s1. The molecule has 1 atom stereocenters. The van der Waals surface area contributed by atoms with Gasteiger partial charge in [-0.1, -0.05) is 29.3 Å². The molecule has 3 saturated heterocycles. The molecule has 5 aromatic rings. The number of hydrogen-bond acceptors (Lipinski definition) is 14. The van der Waals surface area contributed by atoms with Crippen LogP contribution in [0.1, 0.15) is 35.2 Å². The van der Waals surface area contributed by atoms with Gasteiger partial charge in [0.1, 0.15) is 23.6 Å². The Labute approximate surface area is 380 Å². The summed E-state index contributed by atoms with van der Waals surface area (Å²) in [5.74, 6) is -0.523. The molecule has 0 radical (unpaired) electrons. The normalized spacial score (nSPS) is 20.0. The quantitative estimate of drug-likeness (QED) is 0.0922. The molecule has 3 N–H and O–H groups in total. The van der Waals surface area contributed by atoms with E-state index < -0.39 is 31.4 Å². The van der Waals surface area contributed by atoms with Crippen molar-refractivity contribution in [3.8, 4) is 5.88 Å². The van der Waals surface area contributed by atoms with E-state index >= 15 is 0 Å². The van der Waals surface area contributed by atoms with Crippen LogP contribution in [0.15, 0.2) is 89.5 Å². The first-order chi connectivity index (χ1) is 31.5. The number of H-pyrrole nitrogens is 1. The number of rotatable bonds is 12. The number of aromatic amines is 1. The highest BCUT2D eigenvalue weighted by Crippen LogP contribution is 2.48. The third kappa shape index (κ3) is 8.98. The molecule has 4 aliphatic heterocycles. The first-order valence-electron chi connectivity index (χ1n) is 21.8. The summed E-state index contributed by atoms with van der Waals surface area (Å²) in [6.07, 6.45) is 4.61. The van der Waals surface area contributed by atoms with E-state index in [-0.39, 0.29) is 35.9 Å². The van der Waals surface area contributed by atoms with Crippen molar-refractivity contribution in [1.29, 1.82) is 0 Å². The van der Waals surface area contributed by atoms with Crippen LogP contribution in [0.5, 0.6) is 5.88 Å². The van der Waals surface area contributed by atoms with Gasteiger partial charge in [-0.2, -0.15) is 4.98 Å². The third-order valence-corrected chi connectivity index (χ3v) is 14.6. The smallest absolute Gasteiger partial charge is 0.293 e. The molecule has 1 aliphatic carbocycles. The molecule has 17 nitrogen and oxygen atoms in total. The van der Waals surface area contributed by atoms with E-state index in [0.717, 1.165) is 87.4 Å². The largest absolute Gasteiger partial charge is 0.474 e. The number of pyridine rings is 1. The molecule has 3 aromatic carbocycles. The first-order valence-corrected chi connectivity index (χ1v) is 23.7. The number of nitro groups is 1. The zero-order valence-electron chi connectivity index (χ0n) is 35.6. The Morgan fingerprint density at radius 3 is 2.54 bits per heavy atom. The van der Waals surface area contributed by atoms with Gasteiger partial charge in [0.15, 0.2) is 0 Å². The van der Waals surface area contributed by atoms with E-state index in [1.54, 1.807) is 12.3 Å². The average molecular weight is 925 g/mol. The predicted molar refractivity (Wildman–Crippen MR) is 246 cm³/mol. The number of nitro benzene ring substituents is 1. The van der Waals surface area contributed by atoms with Gasteiger partial charge in [0.05, 0.1) is 66.8 Å². The zero-order chi connectivity index (χ0) is 44.7. The van der Waals surface area contributed by atoms with Crippen LogP contribution in [-0.2, 0) is 24.2 Å². The molecule has 1 spiro atoms. The number of anilines is 4. The van der Waals surface area contributed by atoms with Crippen LogP contribution in [-0.4, -0.2) is 126 Å². The lowest BCUT2D eigenvalue weighted by Crippen LogP contribution is -2.48. The summed E-state index contributed by atoms with van der Waals surface area (Å²) in [6, 6.07) is 20.9. The Balaban J connectivity index is 0.906. The van der Waals surface area contributed by atoms with Gasteiger partial charge in [-0.15, -0.1) is 0 Å². The van der Waals surface area contributed by atoms with E-state index in [1.807, 2.05) is 41.3 Å². The van der Waals surface area contributed by atoms with Crippen molar-refractivity contribution in [2.24, 2.45) is 5.41 Å². The third-order valence-electron chi connectivity index (χ3n) is 13.0. The van der Waals surface area contributed by atoms with Crippen molar-refractivity contribution in [3.05, 3.63) is 111 Å². The van der Waals surface area contributed by atoms with E-state index in [4.69, 9.17) is 30.5 Å². The number of benzene rings is 3. The fourth-order valence-electron chi connectivity index (χ4n) is 9.44. The maximum atomic E-state index is 14.3. The van der Waals surface area contributed by atoms with Gasteiger partial charge in [-0.3, -0.25) is 19.8 Å². The fourth-order valence-corrected chi connectivity index (χ4v) is 10.6. The summed E-state index contributed by atoms with van der Waals surface area (Å²) in [5.41, 5.74) is 6.65. The summed E-state index contributed by atoms with van der Waals surface area (Å²) in [4.78, 5) is 39.9. The van der Waals surface area contributed by atoms with Gasteiger partial charge in [0, 0.05) is 73.0 Å². The van der Waals surface area contributed by atoms with Crippen LogP contribution in [0, 0.1) is 15.5 Å². The maximum absolute atomic E-state index is 14.3. The van der Waals surface area contributed by atoms with Crippen molar-refractivity contribution in [3.63, 3.8) is 0 Å². The highest BCUT2D eigenvalue weighted by Gasteiger charge is 2.42. The Kier molecular flexibility index (Phi) is 11.9. The number of hydrogen-bond donors (Lipinski definition) is 3. The molecule has 1 amide bonds. The molecule has 0 saturated carbocycles.